The molecule has 4 heteroatoms. The van der Waals surface area contributed by atoms with Crippen molar-refractivity contribution in [1.29, 1.82) is 0 Å². The molecule has 0 radical (unpaired) electrons. The highest BCUT2D eigenvalue weighted by Gasteiger charge is 2.27. The SMILES string of the molecule is Cc1nn(C)c(N2CCC(c3ccccc3)C2)c1CN. The van der Waals surface area contributed by atoms with Crippen molar-refractivity contribution < 1.29 is 0 Å². The largest absolute Gasteiger partial charge is 0.356 e. The highest BCUT2D eigenvalue weighted by Crippen LogP contribution is 2.32. The molecule has 1 aromatic heterocycles. The van der Waals surface area contributed by atoms with Crippen LogP contribution in [0.4, 0.5) is 5.82 Å². The number of benzene rings is 1. The summed E-state index contributed by atoms with van der Waals surface area (Å²) in [5.74, 6) is 1.81. The second-order valence-electron chi connectivity index (χ2n) is 5.56. The number of nitrogens with two attached hydrogens (primary N) is 1. The summed E-state index contributed by atoms with van der Waals surface area (Å²) < 4.78 is 1.98. The van der Waals surface area contributed by atoms with Gasteiger partial charge in [-0.25, -0.2) is 0 Å². The van der Waals surface area contributed by atoms with Gasteiger partial charge in [-0.15, -0.1) is 0 Å². The van der Waals surface area contributed by atoms with Crippen LogP contribution in [0.5, 0.6) is 0 Å². The van der Waals surface area contributed by atoms with Crippen LogP contribution in [-0.2, 0) is 13.6 Å². The molecule has 1 atom stereocenters. The maximum atomic E-state index is 5.90. The minimum Gasteiger partial charge on any atom is -0.356 e. The first-order chi connectivity index (χ1) is 9.70. The van der Waals surface area contributed by atoms with Gasteiger partial charge in [0.25, 0.3) is 0 Å². The van der Waals surface area contributed by atoms with Crippen LogP contribution in [-0.4, -0.2) is 22.9 Å². The van der Waals surface area contributed by atoms with Gasteiger partial charge in [0.15, 0.2) is 0 Å². The summed E-state index contributed by atoms with van der Waals surface area (Å²) >= 11 is 0. The highest BCUT2D eigenvalue weighted by molar-refractivity contribution is 5.51. The summed E-state index contributed by atoms with van der Waals surface area (Å²) in [6, 6.07) is 10.8. The molecule has 1 aliphatic heterocycles. The molecule has 2 heterocycles. The van der Waals surface area contributed by atoms with Gasteiger partial charge in [-0.2, -0.15) is 5.10 Å². The molecule has 1 saturated heterocycles. The molecule has 20 heavy (non-hydrogen) atoms. The fourth-order valence-electron chi connectivity index (χ4n) is 3.27. The zero-order valence-corrected chi connectivity index (χ0v) is 12.2. The van der Waals surface area contributed by atoms with Gasteiger partial charge in [0, 0.05) is 38.2 Å². The van der Waals surface area contributed by atoms with Gasteiger partial charge in [-0.05, 0) is 18.9 Å². The summed E-state index contributed by atoms with van der Waals surface area (Å²) in [7, 11) is 2.01. The molecule has 2 aromatic rings. The predicted octanol–water partition coefficient (Wildman–Crippen LogP) is 2.18. The molecule has 3 rings (SSSR count). The Bertz CT molecular complexity index is 588. The summed E-state index contributed by atoms with van der Waals surface area (Å²) in [6.45, 7) is 4.72. The molecule has 1 fully saturated rings. The maximum Gasteiger partial charge on any atom is 0.131 e. The topological polar surface area (TPSA) is 47.1 Å². The molecule has 1 aromatic carbocycles. The van der Waals surface area contributed by atoms with E-state index in [-0.39, 0.29) is 0 Å². The molecule has 1 aliphatic rings. The summed E-state index contributed by atoms with van der Waals surface area (Å²) in [5, 5.41) is 4.52. The van der Waals surface area contributed by atoms with Crippen molar-refractivity contribution in [1.82, 2.24) is 9.78 Å². The third-order valence-electron chi connectivity index (χ3n) is 4.28. The monoisotopic (exact) mass is 270 g/mol. The van der Waals surface area contributed by atoms with Gasteiger partial charge in [-0.1, -0.05) is 30.3 Å². The first-order valence-electron chi connectivity index (χ1n) is 7.23. The molecule has 0 bridgehead atoms. The molecule has 4 nitrogen and oxygen atoms in total. The average molecular weight is 270 g/mol. The van der Waals surface area contributed by atoms with Crippen LogP contribution in [0, 0.1) is 6.92 Å². The standard InChI is InChI=1S/C16H22N4/c1-12-15(10-17)16(19(2)18-12)20-9-8-14(11-20)13-6-4-3-5-7-13/h3-7,14H,8-11,17H2,1-2H3. The van der Waals surface area contributed by atoms with Crippen molar-refractivity contribution in [3.05, 3.63) is 47.2 Å². The van der Waals surface area contributed by atoms with Crippen molar-refractivity contribution in [2.24, 2.45) is 12.8 Å². The van der Waals surface area contributed by atoms with Gasteiger partial charge in [-0.3, -0.25) is 4.68 Å². The van der Waals surface area contributed by atoms with Crippen LogP contribution in [0.3, 0.4) is 0 Å². The lowest BCUT2D eigenvalue weighted by atomic mass is 9.99. The van der Waals surface area contributed by atoms with Gasteiger partial charge in [0.2, 0.25) is 0 Å². The van der Waals surface area contributed by atoms with E-state index >= 15 is 0 Å². The van der Waals surface area contributed by atoms with E-state index in [1.165, 1.54) is 23.4 Å². The van der Waals surface area contributed by atoms with E-state index in [2.05, 4.69) is 40.3 Å². The van der Waals surface area contributed by atoms with E-state index in [1.54, 1.807) is 0 Å². The van der Waals surface area contributed by atoms with E-state index in [0.29, 0.717) is 12.5 Å². The Morgan fingerprint density at radius 1 is 1.30 bits per heavy atom. The van der Waals surface area contributed by atoms with Crippen molar-refractivity contribution in [3.63, 3.8) is 0 Å². The normalized spacial score (nSPS) is 18.8. The second-order valence-corrected chi connectivity index (χ2v) is 5.56. The van der Waals surface area contributed by atoms with E-state index < -0.39 is 0 Å². The van der Waals surface area contributed by atoms with E-state index in [1.807, 2.05) is 18.7 Å². The Kier molecular flexibility index (Phi) is 3.49. The summed E-state index contributed by atoms with van der Waals surface area (Å²) in [5.41, 5.74) is 9.56. The Morgan fingerprint density at radius 2 is 2.05 bits per heavy atom. The molecule has 106 valence electrons. The van der Waals surface area contributed by atoms with Crippen LogP contribution in [0.2, 0.25) is 0 Å². The van der Waals surface area contributed by atoms with E-state index in [9.17, 15) is 0 Å². The minimum atomic E-state index is 0.557. The zero-order chi connectivity index (χ0) is 14.1. The first-order valence-corrected chi connectivity index (χ1v) is 7.23. The fraction of sp³-hybridized carbons (Fsp3) is 0.438. The van der Waals surface area contributed by atoms with E-state index in [4.69, 9.17) is 5.73 Å². The molecule has 1 unspecified atom stereocenters. The second kappa shape index (κ2) is 5.29. The number of rotatable bonds is 3. The molecule has 0 saturated carbocycles. The van der Waals surface area contributed by atoms with Gasteiger partial charge in [0.1, 0.15) is 5.82 Å². The molecule has 0 amide bonds. The Morgan fingerprint density at radius 3 is 2.75 bits per heavy atom. The quantitative estimate of drug-likeness (QED) is 0.930. The number of aromatic nitrogens is 2. The molecular formula is C16H22N4. The van der Waals surface area contributed by atoms with E-state index in [0.717, 1.165) is 18.8 Å². The van der Waals surface area contributed by atoms with Crippen LogP contribution >= 0.6 is 0 Å². The van der Waals surface area contributed by atoms with Crippen LogP contribution in [0.1, 0.15) is 29.2 Å². The number of hydrogen-bond acceptors (Lipinski definition) is 3. The lowest BCUT2D eigenvalue weighted by Gasteiger charge is -2.20. The number of aryl methyl sites for hydroxylation is 2. The third-order valence-corrected chi connectivity index (χ3v) is 4.28. The summed E-state index contributed by atoms with van der Waals surface area (Å²) in [6.07, 6.45) is 1.19. The van der Waals surface area contributed by atoms with Crippen molar-refractivity contribution >= 4 is 5.82 Å². The van der Waals surface area contributed by atoms with Crippen molar-refractivity contribution in [3.8, 4) is 0 Å². The molecule has 2 N–H and O–H groups in total. The highest BCUT2D eigenvalue weighted by atomic mass is 15.4. The van der Waals surface area contributed by atoms with Crippen molar-refractivity contribution in [2.45, 2.75) is 25.8 Å². The Labute approximate surface area is 120 Å². The number of hydrogen-bond donors (Lipinski definition) is 1. The average Bonchev–Trinajstić information content (AvgIpc) is 3.03. The van der Waals surface area contributed by atoms with Crippen LogP contribution in [0.15, 0.2) is 30.3 Å². The Balaban J connectivity index is 1.84. The lowest BCUT2D eigenvalue weighted by molar-refractivity contribution is 0.725. The minimum absolute atomic E-state index is 0.557. The smallest absolute Gasteiger partial charge is 0.131 e. The van der Waals surface area contributed by atoms with Gasteiger partial charge in [0.05, 0.1) is 5.69 Å². The molecule has 0 spiro atoms. The first kappa shape index (κ1) is 13.2. The molecular weight excluding hydrogens is 248 g/mol. The summed E-state index contributed by atoms with van der Waals surface area (Å²) in [4.78, 5) is 2.43. The predicted molar refractivity (Wildman–Crippen MR) is 81.8 cm³/mol. The third kappa shape index (κ3) is 2.20. The maximum absolute atomic E-state index is 5.90. The zero-order valence-electron chi connectivity index (χ0n) is 12.2. The number of anilines is 1. The number of nitrogens with zero attached hydrogens (tertiary/aromatic N) is 3. The van der Waals surface area contributed by atoms with Crippen LogP contribution in [0.25, 0.3) is 0 Å². The Hall–Kier alpha value is -1.81. The fourth-order valence-corrected chi connectivity index (χ4v) is 3.27. The van der Waals surface area contributed by atoms with Gasteiger partial charge >= 0.3 is 0 Å². The lowest BCUT2D eigenvalue weighted by Crippen LogP contribution is -2.23. The molecule has 0 aliphatic carbocycles. The van der Waals surface area contributed by atoms with Crippen LogP contribution < -0.4 is 10.6 Å². The van der Waals surface area contributed by atoms with Gasteiger partial charge < -0.3 is 10.6 Å². The van der Waals surface area contributed by atoms with Crippen molar-refractivity contribution in [2.75, 3.05) is 18.0 Å².